The Kier molecular flexibility index (Phi) is 15.2. The van der Waals surface area contributed by atoms with Gasteiger partial charge >= 0.3 is 6.18 Å². The van der Waals surface area contributed by atoms with Gasteiger partial charge < -0.3 is 0 Å². The first-order valence-electron chi connectivity index (χ1n) is 9.76. The SMILES string of the molecule is CCCCCCCCCCCCCCCC/C=C/C(=O)C(F)(F)F. The molecule has 0 heterocycles. The molecule has 0 rings (SSSR count). The highest BCUT2D eigenvalue weighted by molar-refractivity contribution is 5.94. The van der Waals surface area contributed by atoms with Crippen molar-refractivity contribution in [2.45, 2.75) is 109 Å². The summed E-state index contributed by atoms with van der Waals surface area (Å²) in [5.41, 5.74) is 0. The molecule has 0 saturated heterocycles. The maximum atomic E-state index is 11.9. The molecule has 142 valence electrons. The lowest BCUT2D eigenvalue weighted by Gasteiger charge is -2.03. The van der Waals surface area contributed by atoms with Crippen molar-refractivity contribution < 1.29 is 18.0 Å². The Hall–Kier alpha value is -0.800. The van der Waals surface area contributed by atoms with E-state index >= 15 is 0 Å². The average molecular weight is 348 g/mol. The minimum Gasteiger partial charge on any atom is -0.285 e. The predicted octanol–water partition coefficient (Wildman–Crippen LogP) is 7.55. The summed E-state index contributed by atoms with van der Waals surface area (Å²) >= 11 is 0. The van der Waals surface area contributed by atoms with E-state index in [2.05, 4.69) is 6.92 Å². The number of carbonyl (C=O) groups is 1. The highest BCUT2D eigenvalue weighted by atomic mass is 19.4. The van der Waals surface area contributed by atoms with Gasteiger partial charge in [0.15, 0.2) is 0 Å². The molecule has 1 nitrogen and oxygen atoms in total. The van der Waals surface area contributed by atoms with Gasteiger partial charge in [0.05, 0.1) is 0 Å². The lowest BCUT2D eigenvalue weighted by atomic mass is 10.0. The molecule has 0 aromatic carbocycles. The first-order valence-corrected chi connectivity index (χ1v) is 9.76. The van der Waals surface area contributed by atoms with Gasteiger partial charge in [0, 0.05) is 0 Å². The molecule has 4 heteroatoms. The number of hydrogen-bond acceptors (Lipinski definition) is 1. The standard InChI is InChI=1S/C20H35F3O/c1-2-3-4-5-6-7-8-9-10-11-12-13-14-15-16-17-18-19(24)20(21,22)23/h17-18H,2-16H2,1H3/b18-17+. The minimum atomic E-state index is -4.73. The summed E-state index contributed by atoms with van der Waals surface area (Å²) in [6.07, 6.45) is 15.5. The van der Waals surface area contributed by atoms with Gasteiger partial charge in [-0.1, -0.05) is 96.5 Å². The Bertz CT molecular complexity index is 321. The van der Waals surface area contributed by atoms with Crippen LogP contribution >= 0.6 is 0 Å². The molecule has 0 amide bonds. The third-order valence-electron chi connectivity index (χ3n) is 4.27. The van der Waals surface area contributed by atoms with Crippen molar-refractivity contribution in [3.63, 3.8) is 0 Å². The summed E-state index contributed by atoms with van der Waals surface area (Å²) in [5.74, 6) is -1.76. The van der Waals surface area contributed by atoms with Crippen LogP contribution in [0, 0.1) is 0 Å². The van der Waals surface area contributed by atoms with Crippen LogP contribution in [0.1, 0.15) is 103 Å². The van der Waals surface area contributed by atoms with E-state index in [9.17, 15) is 18.0 Å². The molecule has 0 fully saturated rings. The van der Waals surface area contributed by atoms with Gasteiger partial charge in [-0.3, -0.25) is 4.79 Å². The Balaban J connectivity index is 3.21. The highest BCUT2D eigenvalue weighted by Crippen LogP contribution is 2.17. The van der Waals surface area contributed by atoms with Crippen LogP contribution in [0.5, 0.6) is 0 Å². The van der Waals surface area contributed by atoms with Crippen LogP contribution in [0.3, 0.4) is 0 Å². The number of alkyl halides is 3. The molecule has 0 radical (unpaired) electrons. The van der Waals surface area contributed by atoms with E-state index in [-0.39, 0.29) is 0 Å². The molecule has 0 aromatic heterocycles. The third kappa shape index (κ3) is 16.1. The van der Waals surface area contributed by atoms with E-state index in [0.717, 1.165) is 19.3 Å². The molecule has 0 atom stereocenters. The van der Waals surface area contributed by atoms with Crippen LogP contribution in [0.2, 0.25) is 0 Å². The van der Waals surface area contributed by atoms with E-state index in [0.29, 0.717) is 12.5 Å². The van der Waals surface area contributed by atoms with Crippen molar-refractivity contribution in [1.29, 1.82) is 0 Å². The molecule has 0 N–H and O–H groups in total. The van der Waals surface area contributed by atoms with Gasteiger partial charge in [0.1, 0.15) is 0 Å². The van der Waals surface area contributed by atoms with E-state index in [4.69, 9.17) is 0 Å². The fourth-order valence-corrected chi connectivity index (χ4v) is 2.74. The lowest BCUT2D eigenvalue weighted by Crippen LogP contribution is -2.19. The van der Waals surface area contributed by atoms with Gasteiger partial charge in [0.25, 0.3) is 5.78 Å². The Morgan fingerprint density at radius 3 is 1.46 bits per heavy atom. The zero-order valence-electron chi connectivity index (χ0n) is 15.3. The number of allylic oxidation sites excluding steroid dienone is 2. The fraction of sp³-hybridized carbons (Fsp3) is 0.850. The summed E-state index contributed by atoms with van der Waals surface area (Å²) in [7, 11) is 0. The zero-order valence-corrected chi connectivity index (χ0v) is 15.3. The van der Waals surface area contributed by atoms with Gasteiger partial charge in [0.2, 0.25) is 0 Å². The molecule has 0 aliphatic carbocycles. The first kappa shape index (κ1) is 23.2. The smallest absolute Gasteiger partial charge is 0.285 e. The van der Waals surface area contributed by atoms with Crippen LogP contribution in [-0.2, 0) is 4.79 Å². The van der Waals surface area contributed by atoms with Gasteiger partial charge in [-0.25, -0.2) is 0 Å². The summed E-state index contributed by atoms with van der Waals surface area (Å²) in [5, 5.41) is 0. The van der Waals surface area contributed by atoms with Crippen molar-refractivity contribution in [3.05, 3.63) is 12.2 Å². The molecule has 0 aliphatic rings. The largest absolute Gasteiger partial charge is 0.454 e. The monoisotopic (exact) mass is 348 g/mol. The van der Waals surface area contributed by atoms with Crippen molar-refractivity contribution in [3.8, 4) is 0 Å². The zero-order chi connectivity index (χ0) is 18.1. The second kappa shape index (κ2) is 15.7. The minimum absolute atomic E-state index is 0.555. The second-order valence-corrected chi connectivity index (χ2v) is 6.65. The average Bonchev–Trinajstić information content (AvgIpc) is 2.53. The third-order valence-corrected chi connectivity index (χ3v) is 4.27. The molecule has 0 saturated carbocycles. The van der Waals surface area contributed by atoms with Crippen LogP contribution < -0.4 is 0 Å². The molecule has 24 heavy (non-hydrogen) atoms. The summed E-state index contributed by atoms with van der Waals surface area (Å²) in [6, 6.07) is 0. The lowest BCUT2D eigenvalue weighted by molar-refractivity contribution is -0.165. The topological polar surface area (TPSA) is 17.1 Å². The number of ketones is 1. The predicted molar refractivity (Wildman–Crippen MR) is 95.1 cm³/mol. The molecule has 0 bridgehead atoms. The van der Waals surface area contributed by atoms with Gasteiger partial charge in [-0.05, 0) is 18.9 Å². The summed E-state index contributed by atoms with van der Waals surface area (Å²) in [6.45, 7) is 2.24. The van der Waals surface area contributed by atoms with E-state index in [1.165, 1.54) is 76.7 Å². The molecule has 0 aliphatic heterocycles. The van der Waals surface area contributed by atoms with E-state index < -0.39 is 12.0 Å². The maximum absolute atomic E-state index is 11.9. The Labute approximate surface area is 146 Å². The van der Waals surface area contributed by atoms with Crippen molar-refractivity contribution in [1.82, 2.24) is 0 Å². The summed E-state index contributed by atoms with van der Waals surface area (Å²) in [4.78, 5) is 10.6. The van der Waals surface area contributed by atoms with E-state index in [1.807, 2.05) is 0 Å². The molecule has 0 spiro atoms. The number of rotatable bonds is 16. The Morgan fingerprint density at radius 1 is 0.708 bits per heavy atom. The molecular formula is C20H35F3O. The van der Waals surface area contributed by atoms with Crippen molar-refractivity contribution in [2.24, 2.45) is 0 Å². The quantitative estimate of drug-likeness (QED) is 0.208. The van der Waals surface area contributed by atoms with Crippen LogP contribution in [0.25, 0.3) is 0 Å². The molecule has 0 aromatic rings. The summed E-state index contributed by atoms with van der Waals surface area (Å²) < 4.78 is 35.8. The number of hydrogen-bond donors (Lipinski definition) is 0. The first-order chi connectivity index (χ1) is 11.5. The number of halogens is 3. The van der Waals surface area contributed by atoms with E-state index in [1.54, 1.807) is 0 Å². The van der Waals surface area contributed by atoms with Crippen LogP contribution in [-0.4, -0.2) is 12.0 Å². The Morgan fingerprint density at radius 2 is 1.08 bits per heavy atom. The van der Waals surface area contributed by atoms with Crippen LogP contribution in [0.4, 0.5) is 13.2 Å². The number of carbonyl (C=O) groups excluding carboxylic acids is 1. The molecular weight excluding hydrogens is 313 g/mol. The van der Waals surface area contributed by atoms with Crippen LogP contribution in [0.15, 0.2) is 12.2 Å². The number of unbranched alkanes of at least 4 members (excludes halogenated alkanes) is 14. The fourth-order valence-electron chi connectivity index (χ4n) is 2.74. The second-order valence-electron chi connectivity index (χ2n) is 6.65. The van der Waals surface area contributed by atoms with Crippen molar-refractivity contribution >= 4 is 5.78 Å². The molecule has 0 unspecified atom stereocenters. The van der Waals surface area contributed by atoms with Gasteiger partial charge in [-0.15, -0.1) is 0 Å². The maximum Gasteiger partial charge on any atom is 0.454 e. The normalized spacial score (nSPS) is 12.2. The highest BCUT2D eigenvalue weighted by Gasteiger charge is 2.35. The van der Waals surface area contributed by atoms with Crippen molar-refractivity contribution in [2.75, 3.05) is 0 Å². The van der Waals surface area contributed by atoms with Gasteiger partial charge in [-0.2, -0.15) is 13.2 Å².